The summed E-state index contributed by atoms with van der Waals surface area (Å²) in [7, 11) is 0. The Morgan fingerprint density at radius 2 is 1.96 bits per heavy atom. The minimum atomic E-state index is -0.378. The summed E-state index contributed by atoms with van der Waals surface area (Å²) >= 11 is 0. The summed E-state index contributed by atoms with van der Waals surface area (Å²) in [6.45, 7) is 9.04. The number of aromatic nitrogens is 3. The van der Waals surface area contributed by atoms with Crippen molar-refractivity contribution in [3.8, 4) is 0 Å². The first-order valence-electron chi connectivity index (χ1n) is 8.64. The molecule has 0 aliphatic heterocycles. The number of ketones is 1. The Balaban J connectivity index is 1.83. The van der Waals surface area contributed by atoms with Gasteiger partial charge in [0.2, 0.25) is 5.89 Å². The highest BCUT2D eigenvalue weighted by atomic mass is 16.5. The fourth-order valence-electron chi connectivity index (χ4n) is 3.11. The number of amides is 1. The van der Waals surface area contributed by atoms with Crippen LogP contribution in [0.2, 0.25) is 0 Å². The molecular formula is C18H24N4O3. The summed E-state index contributed by atoms with van der Waals surface area (Å²) in [5, 5.41) is 6.99. The Labute approximate surface area is 146 Å². The summed E-state index contributed by atoms with van der Waals surface area (Å²) in [4.78, 5) is 32.0. The van der Waals surface area contributed by atoms with Crippen LogP contribution in [0.5, 0.6) is 0 Å². The van der Waals surface area contributed by atoms with Crippen LogP contribution in [0.25, 0.3) is 0 Å². The standard InChI is InChI=1S/C18H24N4O3/c1-8(2)14(18-21-16(22-25-18)12-6-7-12)20-17(24)15-9(3)13(11(5)23)10(4)19-15/h8,12,14,19H,6-7H2,1-5H3,(H,20,24)/t14-/m1/s1. The first-order chi connectivity index (χ1) is 11.8. The zero-order chi connectivity index (χ0) is 18.3. The van der Waals surface area contributed by atoms with Gasteiger partial charge in [0.15, 0.2) is 11.6 Å². The highest BCUT2D eigenvalue weighted by Gasteiger charge is 2.32. The second-order valence-corrected chi connectivity index (χ2v) is 7.14. The molecule has 1 aliphatic carbocycles. The summed E-state index contributed by atoms with van der Waals surface area (Å²) < 4.78 is 5.38. The van der Waals surface area contributed by atoms with E-state index in [0.29, 0.717) is 34.3 Å². The van der Waals surface area contributed by atoms with Crippen molar-refractivity contribution in [3.63, 3.8) is 0 Å². The van der Waals surface area contributed by atoms with Gasteiger partial charge >= 0.3 is 0 Å². The van der Waals surface area contributed by atoms with E-state index in [1.165, 1.54) is 6.92 Å². The second kappa shape index (κ2) is 6.46. The van der Waals surface area contributed by atoms with Crippen LogP contribution in [-0.4, -0.2) is 26.8 Å². The van der Waals surface area contributed by atoms with Gasteiger partial charge in [0, 0.05) is 17.2 Å². The molecule has 0 saturated heterocycles. The maximum absolute atomic E-state index is 12.8. The van der Waals surface area contributed by atoms with Crippen LogP contribution in [-0.2, 0) is 0 Å². The molecule has 2 heterocycles. The predicted molar refractivity (Wildman–Crippen MR) is 91.6 cm³/mol. The number of hydrogen-bond acceptors (Lipinski definition) is 5. The Morgan fingerprint density at radius 1 is 1.28 bits per heavy atom. The Bertz CT molecular complexity index is 814. The third-order valence-electron chi connectivity index (χ3n) is 4.64. The smallest absolute Gasteiger partial charge is 0.268 e. The molecule has 0 unspecified atom stereocenters. The average Bonchev–Trinajstić information content (AvgIpc) is 3.18. The number of aromatic amines is 1. The maximum Gasteiger partial charge on any atom is 0.268 e. The lowest BCUT2D eigenvalue weighted by atomic mass is 10.0. The number of carbonyl (C=O) groups is 2. The van der Waals surface area contributed by atoms with E-state index in [0.717, 1.165) is 18.7 Å². The first-order valence-corrected chi connectivity index (χ1v) is 8.64. The number of nitrogens with one attached hydrogen (secondary N) is 2. The minimum absolute atomic E-state index is 0.0586. The minimum Gasteiger partial charge on any atom is -0.354 e. The van der Waals surface area contributed by atoms with Crippen LogP contribution in [0.15, 0.2) is 4.52 Å². The zero-order valence-corrected chi connectivity index (χ0v) is 15.3. The monoisotopic (exact) mass is 344 g/mol. The summed E-state index contributed by atoms with van der Waals surface area (Å²) in [6.07, 6.45) is 2.18. The highest BCUT2D eigenvalue weighted by molar-refractivity contribution is 6.02. The molecule has 25 heavy (non-hydrogen) atoms. The lowest BCUT2D eigenvalue weighted by Gasteiger charge is -2.18. The molecule has 0 spiro atoms. The van der Waals surface area contributed by atoms with Crippen LogP contribution >= 0.6 is 0 Å². The Kier molecular flexibility index (Phi) is 4.49. The lowest BCUT2D eigenvalue weighted by Crippen LogP contribution is -2.32. The van der Waals surface area contributed by atoms with Crippen molar-refractivity contribution in [2.75, 3.05) is 0 Å². The fraction of sp³-hybridized carbons (Fsp3) is 0.556. The van der Waals surface area contributed by atoms with E-state index in [9.17, 15) is 9.59 Å². The van der Waals surface area contributed by atoms with Gasteiger partial charge in [0.25, 0.3) is 5.91 Å². The summed E-state index contributed by atoms with van der Waals surface area (Å²) in [6, 6.07) is -0.378. The van der Waals surface area contributed by atoms with Crippen molar-refractivity contribution in [3.05, 3.63) is 34.2 Å². The van der Waals surface area contributed by atoms with E-state index in [2.05, 4.69) is 20.4 Å². The lowest BCUT2D eigenvalue weighted by molar-refractivity contribution is 0.0908. The number of rotatable bonds is 6. The molecule has 1 saturated carbocycles. The number of nitrogens with zero attached hydrogens (tertiary/aromatic N) is 2. The molecule has 1 fully saturated rings. The summed E-state index contributed by atoms with van der Waals surface area (Å²) in [5.41, 5.74) is 2.33. The van der Waals surface area contributed by atoms with Gasteiger partial charge in [-0.15, -0.1) is 0 Å². The molecule has 2 aromatic heterocycles. The van der Waals surface area contributed by atoms with Gasteiger partial charge < -0.3 is 14.8 Å². The van der Waals surface area contributed by atoms with Crippen LogP contribution in [0, 0.1) is 19.8 Å². The van der Waals surface area contributed by atoms with Crippen molar-refractivity contribution < 1.29 is 14.1 Å². The molecular weight excluding hydrogens is 320 g/mol. The number of hydrogen-bond donors (Lipinski definition) is 2. The zero-order valence-electron chi connectivity index (χ0n) is 15.3. The first kappa shape index (κ1) is 17.4. The van der Waals surface area contributed by atoms with Crippen LogP contribution < -0.4 is 5.32 Å². The van der Waals surface area contributed by atoms with Crippen molar-refractivity contribution in [1.29, 1.82) is 0 Å². The normalized spacial score (nSPS) is 15.4. The van der Waals surface area contributed by atoms with Gasteiger partial charge in [-0.3, -0.25) is 9.59 Å². The molecule has 3 rings (SSSR count). The molecule has 0 bridgehead atoms. The number of Topliss-reactive ketones (excluding diaryl/α,β-unsaturated/α-hetero) is 1. The fourth-order valence-corrected chi connectivity index (χ4v) is 3.11. The SMILES string of the molecule is CC(=O)c1c(C)[nH]c(C(=O)N[C@@H](c2nc(C3CC3)no2)C(C)C)c1C. The Hall–Kier alpha value is -2.44. The molecule has 7 heteroatoms. The highest BCUT2D eigenvalue weighted by Crippen LogP contribution is 2.38. The topological polar surface area (TPSA) is 101 Å². The maximum atomic E-state index is 12.8. The number of H-pyrrole nitrogens is 1. The molecule has 0 aromatic carbocycles. The van der Waals surface area contributed by atoms with Crippen molar-refractivity contribution in [2.45, 2.75) is 59.4 Å². The molecule has 2 aromatic rings. The average molecular weight is 344 g/mol. The quantitative estimate of drug-likeness (QED) is 0.784. The molecule has 1 atom stereocenters. The molecule has 7 nitrogen and oxygen atoms in total. The van der Waals surface area contributed by atoms with Gasteiger partial charge in [0.05, 0.1) is 0 Å². The van der Waals surface area contributed by atoms with E-state index in [-0.39, 0.29) is 23.7 Å². The van der Waals surface area contributed by atoms with Crippen molar-refractivity contribution in [2.24, 2.45) is 5.92 Å². The third-order valence-corrected chi connectivity index (χ3v) is 4.64. The van der Waals surface area contributed by atoms with Gasteiger partial charge in [-0.2, -0.15) is 4.98 Å². The second-order valence-electron chi connectivity index (χ2n) is 7.14. The predicted octanol–water partition coefficient (Wildman–Crippen LogP) is 3.22. The van der Waals surface area contributed by atoms with Crippen LogP contribution in [0.4, 0.5) is 0 Å². The number of carbonyl (C=O) groups excluding carboxylic acids is 2. The van der Waals surface area contributed by atoms with E-state index in [4.69, 9.17) is 4.52 Å². The van der Waals surface area contributed by atoms with E-state index in [1.807, 2.05) is 13.8 Å². The van der Waals surface area contributed by atoms with Gasteiger partial charge in [-0.05, 0) is 45.1 Å². The van der Waals surface area contributed by atoms with Crippen LogP contribution in [0.1, 0.15) is 89.4 Å². The molecule has 134 valence electrons. The molecule has 1 aliphatic rings. The third kappa shape index (κ3) is 3.36. The van der Waals surface area contributed by atoms with Gasteiger partial charge in [-0.1, -0.05) is 19.0 Å². The van der Waals surface area contributed by atoms with E-state index >= 15 is 0 Å². The van der Waals surface area contributed by atoms with E-state index in [1.54, 1.807) is 13.8 Å². The number of aryl methyl sites for hydroxylation is 1. The van der Waals surface area contributed by atoms with Crippen LogP contribution in [0.3, 0.4) is 0 Å². The Morgan fingerprint density at radius 3 is 2.48 bits per heavy atom. The molecule has 0 radical (unpaired) electrons. The van der Waals surface area contributed by atoms with Gasteiger partial charge in [-0.25, -0.2) is 0 Å². The molecule has 1 amide bonds. The van der Waals surface area contributed by atoms with Crippen molar-refractivity contribution in [1.82, 2.24) is 20.4 Å². The summed E-state index contributed by atoms with van der Waals surface area (Å²) in [5.74, 6) is 1.29. The van der Waals surface area contributed by atoms with E-state index < -0.39 is 0 Å². The van der Waals surface area contributed by atoms with Gasteiger partial charge in [0.1, 0.15) is 11.7 Å². The van der Waals surface area contributed by atoms with Crippen molar-refractivity contribution >= 4 is 11.7 Å². The largest absolute Gasteiger partial charge is 0.354 e. The molecule has 2 N–H and O–H groups in total.